The summed E-state index contributed by atoms with van der Waals surface area (Å²) in [5.41, 5.74) is 1.74. The van der Waals surface area contributed by atoms with Gasteiger partial charge in [-0.3, -0.25) is 14.4 Å². The Hall–Kier alpha value is -4.68. The number of para-hydroxylation sites is 1. The lowest BCUT2D eigenvalue weighted by Gasteiger charge is -2.37. The van der Waals surface area contributed by atoms with E-state index in [0.29, 0.717) is 38.8 Å². The summed E-state index contributed by atoms with van der Waals surface area (Å²) < 4.78 is 11.4. The van der Waals surface area contributed by atoms with E-state index in [1.165, 1.54) is 0 Å². The number of hydrogen-bond donors (Lipinski definition) is 0. The summed E-state index contributed by atoms with van der Waals surface area (Å²) in [5.74, 6) is -0.770. The van der Waals surface area contributed by atoms with E-state index in [4.69, 9.17) is 21.1 Å². The first-order chi connectivity index (χ1) is 20.4. The molecule has 0 bridgehead atoms. The van der Waals surface area contributed by atoms with Crippen molar-refractivity contribution in [3.05, 3.63) is 130 Å². The summed E-state index contributed by atoms with van der Waals surface area (Å²) in [6, 6.07) is 25.0. The highest BCUT2D eigenvalue weighted by molar-refractivity contribution is 6.32. The van der Waals surface area contributed by atoms with E-state index < -0.39 is 23.4 Å². The molecule has 1 spiro atoms. The third-order valence-corrected chi connectivity index (χ3v) is 9.13. The standard InChI is InChI=1S/C35H26ClNO5/c1-41-23-16-17-28(42-2)26(19-23)30-31(32(38)21-11-14-22(36)15-12-21)37-27-10-6-3-7-20(27)13-18-29(37)35(30)33(39)24-8-4-5-9-25(24)34(35)40/h3-19,29-31H,1-2H3/t29?,30-,31+/m0/s1. The molecule has 0 aromatic heterocycles. The van der Waals surface area contributed by atoms with Crippen LogP contribution in [-0.4, -0.2) is 43.7 Å². The number of halogens is 1. The molecule has 42 heavy (non-hydrogen) atoms. The number of hydrogen-bond acceptors (Lipinski definition) is 6. The number of carbonyl (C=O) groups excluding carboxylic acids is 3. The van der Waals surface area contributed by atoms with Crippen LogP contribution in [-0.2, 0) is 0 Å². The van der Waals surface area contributed by atoms with Crippen LogP contribution in [0, 0.1) is 5.41 Å². The van der Waals surface area contributed by atoms with Gasteiger partial charge in [0.05, 0.1) is 20.3 Å². The molecule has 1 unspecified atom stereocenters. The lowest BCUT2D eigenvalue weighted by atomic mass is 9.64. The summed E-state index contributed by atoms with van der Waals surface area (Å²) in [6.07, 6.45) is 3.84. The first-order valence-corrected chi connectivity index (χ1v) is 14.1. The van der Waals surface area contributed by atoms with Crippen LogP contribution in [0.1, 0.15) is 48.1 Å². The molecular formula is C35H26ClNO5. The minimum atomic E-state index is -1.64. The summed E-state index contributed by atoms with van der Waals surface area (Å²) in [4.78, 5) is 46.4. The van der Waals surface area contributed by atoms with Crippen LogP contribution in [0.15, 0.2) is 97.1 Å². The maximum absolute atomic E-state index is 14.8. The Bertz CT molecular complexity index is 1780. The van der Waals surface area contributed by atoms with E-state index >= 15 is 0 Å². The van der Waals surface area contributed by atoms with Gasteiger partial charge in [0.2, 0.25) is 0 Å². The average Bonchev–Trinajstić information content (AvgIpc) is 3.46. The van der Waals surface area contributed by atoms with Crippen molar-refractivity contribution in [1.29, 1.82) is 0 Å². The molecule has 7 rings (SSSR count). The molecule has 2 heterocycles. The van der Waals surface area contributed by atoms with Crippen LogP contribution < -0.4 is 14.4 Å². The minimum absolute atomic E-state index is 0.231. The third kappa shape index (κ3) is 3.48. The van der Waals surface area contributed by atoms with Gasteiger partial charge in [0, 0.05) is 38.9 Å². The van der Waals surface area contributed by atoms with Crippen molar-refractivity contribution in [2.45, 2.75) is 18.0 Å². The van der Waals surface area contributed by atoms with Crippen molar-refractivity contribution in [3.63, 3.8) is 0 Å². The van der Waals surface area contributed by atoms with Crippen molar-refractivity contribution < 1.29 is 23.9 Å². The molecule has 6 nitrogen and oxygen atoms in total. The quantitative estimate of drug-likeness (QED) is 0.195. The minimum Gasteiger partial charge on any atom is -0.497 e. The van der Waals surface area contributed by atoms with Crippen molar-refractivity contribution in [1.82, 2.24) is 0 Å². The zero-order chi connectivity index (χ0) is 29.2. The van der Waals surface area contributed by atoms with Crippen LogP contribution in [0.2, 0.25) is 5.02 Å². The zero-order valence-electron chi connectivity index (χ0n) is 22.9. The molecule has 208 valence electrons. The Morgan fingerprint density at radius 1 is 0.833 bits per heavy atom. The Morgan fingerprint density at radius 2 is 1.50 bits per heavy atom. The Morgan fingerprint density at radius 3 is 2.17 bits per heavy atom. The molecule has 0 saturated carbocycles. The molecule has 2 aliphatic heterocycles. The number of anilines is 1. The van der Waals surface area contributed by atoms with Gasteiger partial charge < -0.3 is 14.4 Å². The predicted octanol–water partition coefficient (Wildman–Crippen LogP) is 6.67. The Labute approximate surface area is 248 Å². The number of benzene rings is 4. The number of methoxy groups -OCH3 is 2. The van der Waals surface area contributed by atoms with E-state index in [9.17, 15) is 14.4 Å². The van der Waals surface area contributed by atoms with Crippen molar-refractivity contribution in [3.8, 4) is 11.5 Å². The number of carbonyl (C=O) groups is 3. The van der Waals surface area contributed by atoms with Gasteiger partial charge in [-0.1, -0.05) is 66.2 Å². The molecular weight excluding hydrogens is 550 g/mol. The maximum atomic E-state index is 14.8. The summed E-state index contributed by atoms with van der Waals surface area (Å²) in [5, 5.41) is 0.501. The molecule has 0 radical (unpaired) electrons. The first-order valence-electron chi connectivity index (χ1n) is 13.7. The van der Waals surface area contributed by atoms with Crippen LogP contribution in [0.25, 0.3) is 6.08 Å². The molecule has 3 atom stereocenters. The highest BCUT2D eigenvalue weighted by atomic mass is 35.5. The molecule has 1 aliphatic carbocycles. The number of ether oxygens (including phenoxy) is 2. The van der Waals surface area contributed by atoms with Gasteiger partial charge in [0.25, 0.3) is 0 Å². The topological polar surface area (TPSA) is 72.9 Å². The molecule has 4 aromatic rings. The van der Waals surface area contributed by atoms with E-state index in [-0.39, 0.29) is 17.3 Å². The van der Waals surface area contributed by atoms with E-state index in [2.05, 4.69) is 0 Å². The van der Waals surface area contributed by atoms with Crippen molar-refractivity contribution >= 4 is 40.7 Å². The van der Waals surface area contributed by atoms with E-state index in [0.717, 1.165) is 11.3 Å². The second-order valence-electron chi connectivity index (χ2n) is 10.7. The van der Waals surface area contributed by atoms with Crippen LogP contribution in [0.3, 0.4) is 0 Å². The highest BCUT2D eigenvalue weighted by Gasteiger charge is 2.72. The normalized spacial score (nSPS) is 21.2. The SMILES string of the molecule is COc1ccc(OC)c([C@H]2[C@H](C(=O)c3ccc(Cl)cc3)N3c4ccccc4C=CC3C23C(=O)c2ccccc2C3=O)c1. The predicted molar refractivity (Wildman–Crippen MR) is 161 cm³/mol. The monoisotopic (exact) mass is 575 g/mol. The smallest absolute Gasteiger partial charge is 0.185 e. The summed E-state index contributed by atoms with van der Waals surface area (Å²) in [6.45, 7) is 0. The molecule has 1 saturated heterocycles. The van der Waals surface area contributed by atoms with Gasteiger partial charge in [0.15, 0.2) is 17.3 Å². The molecule has 7 heteroatoms. The Kier molecular flexibility index (Phi) is 6.06. The second kappa shape index (κ2) is 9.71. The van der Waals surface area contributed by atoms with Gasteiger partial charge in [-0.05, 0) is 54.1 Å². The fourth-order valence-corrected chi connectivity index (χ4v) is 7.25. The largest absolute Gasteiger partial charge is 0.497 e. The number of nitrogens with zero attached hydrogens (tertiary/aromatic N) is 1. The zero-order valence-corrected chi connectivity index (χ0v) is 23.7. The van der Waals surface area contributed by atoms with Crippen molar-refractivity contribution in [2.24, 2.45) is 5.41 Å². The number of ketones is 3. The first kappa shape index (κ1) is 26.2. The average molecular weight is 576 g/mol. The third-order valence-electron chi connectivity index (χ3n) is 8.88. The van der Waals surface area contributed by atoms with Gasteiger partial charge in [-0.25, -0.2) is 0 Å². The van der Waals surface area contributed by atoms with Crippen LogP contribution in [0.5, 0.6) is 11.5 Å². The molecule has 4 aromatic carbocycles. The number of fused-ring (bicyclic) bond motifs is 5. The van der Waals surface area contributed by atoms with Gasteiger partial charge in [0.1, 0.15) is 23.0 Å². The van der Waals surface area contributed by atoms with Crippen LogP contribution in [0.4, 0.5) is 5.69 Å². The molecule has 3 aliphatic rings. The highest BCUT2D eigenvalue weighted by Crippen LogP contribution is 2.62. The van der Waals surface area contributed by atoms with Gasteiger partial charge >= 0.3 is 0 Å². The Balaban J connectivity index is 1.58. The summed E-state index contributed by atoms with van der Waals surface area (Å²) in [7, 11) is 3.09. The lowest BCUT2D eigenvalue weighted by Crippen LogP contribution is -2.48. The molecule has 1 fully saturated rings. The van der Waals surface area contributed by atoms with E-state index in [1.807, 2.05) is 41.3 Å². The number of rotatable bonds is 5. The maximum Gasteiger partial charge on any atom is 0.185 e. The number of Topliss-reactive ketones (excluding diaryl/α,β-unsaturated/α-hetero) is 3. The molecule has 0 amide bonds. The molecule has 0 N–H and O–H groups in total. The second-order valence-corrected chi connectivity index (χ2v) is 11.2. The van der Waals surface area contributed by atoms with E-state index in [1.54, 1.807) is 80.9 Å². The fourth-order valence-electron chi connectivity index (χ4n) is 7.13. The fraction of sp³-hybridized carbons (Fsp3) is 0.171. The summed E-state index contributed by atoms with van der Waals surface area (Å²) >= 11 is 6.19. The lowest BCUT2D eigenvalue weighted by molar-refractivity contribution is 0.0664. The van der Waals surface area contributed by atoms with Crippen LogP contribution >= 0.6 is 11.6 Å². The van der Waals surface area contributed by atoms with Gasteiger partial charge in [-0.15, -0.1) is 0 Å². The van der Waals surface area contributed by atoms with Gasteiger partial charge in [-0.2, -0.15) is 0 Å². The van der Waals surface area contributed by atoms with Crippen molar-refractivity contribution in [2.75, 3.05) is 19.1 Å².